The van der Waals surface area contributed by atoms with E-state index in [0.29, 0.717) is 6.04 Å². The Morgan fingerprint density at radius 1 is 1.11 bits per heavy atom. The first-order chi connectivity index (χ1) is 9.29. The van der Waals surface area contributed by atoms with Gasteiger partial charge in [0.1, 0.15) is 0 Å². The second kappa shape index (κ2) is 7.05. The van der Waals surface area contributed by atoms with Crippen molar-refractivity contribution < 1.29 is 0 Å². The minimum atomic E-state index is 0.480. The van der Waals surface area contributed by atoms with Crippen molar-refractivity contribution in [2.75, 3.05) is 7.05 Å². The van der Waals surface area contributed by atoms with Gasteiger partial charge in [0.05, 0.1) is 0 Å². The predicted octanol–water partition coefficient (Wildman–Crippen LogP) is 3.15. The van der Waals surface area contributed by atoms with Gasteiger partial charge >= 0.3 is 0 Å². The van der Waals surface area contributed by atoms with Crippen molar-refractivity contribution in [3.8, 4) is 0 Å². The molecule has 2 heteroatoms. The molecule has 19 heavy (non-hydrogen) atoms. The molecule has 1 aromatic heterocycles. The standard InChI is InChI=1S/C17H22N2/c1-14-7-6-12-19-17(14)13-16(18-2)11-10-15-8-4-3-5-9-15/h3-9,12,16,18H,10-11,13H2,1-2H3. The smallest absolute Gasteiger partial charge is 0.0448 e. The maximum absolute atomic E-state index is 4.48. The Bertz CT molecular complexity index is 494. The van der Waals surface area contributed by atoms with Crippen LogP contribution in [0.25, 0.3) is 0 Å². The van der Waals surface area contributed by atoms with Crippen LogP contribution in [0, 0.1) is 6.92 Å². The molecule has 1 N–H and O–H groups in total. The average molecular weight is 254 g/mol. The zero-order valence-electron chi connectivity index (χ0n) is 11.8. The summed E-state index contributed by atoms with van der Waals surface area (Å²) < 4.78 is 0. The second-order valence-electron chi connectivity index (χ2n) is 4.98. The van der Waals surface area contributed by atoms with Gasteiger partial charge in [-0.2, -0.15) is 0 Å². The number of hydrogen-bond acceptors (Lipinski definition) is 2. The van der Waals surface area contributed by atoms with Crippen LogP contribution in [0.1, 0.15) is 23.2 Å². The lowest BCUT2D eigenvalue weighted by atomic mass is 10.00. The Hall–Kier alpha value is -1.67. The van der Waals surface area contributed by atoms with Crippen LogP contribution in [0.5, 0.6) is 0 Å². The van der Waals surface area contributed by atoms with E-state index in [9.17, 15) is 0 Å². The number of pyridine rings is 1. The van der Waals surface area contributed by atoms with Gasteiger partial charge in [-0.3, -0.25) is 4.98 Å². The zero-order chi connectivity index (χ0) is 13.5. The highest BCUT2D eigenvalue weighted by Crippen LogP contribution is 2.11. The Morgan fingerprint density at radius 3 is 2.58 bits per heavy atom. The van der Waals surface area contributed by atoms with Gasteiger partial charge in [0.25, 0.3) is 0 Å². The lowest BCUT2D eigenvalue weighted by Crippen LogP contribution is -2.28. The fourth-order valence-electron chi connectivity index (χ4n) is 2.30. The monoisotopic (exact) mass is 254 g/mol. The number of hydrogen-bond donors (Lipinski definition) is 1. The van der Waals surface area contributed by atoms with Crippen LogP contribution in [-0.4, -0.2) is 18.1 Å². The van der Waals surface area contributed by atoms with Crippen molar-refractivity contribution in [2.24, 2.45) is 0 Å². The van der Waals surface area contributed by atoms with Gasteiger partial charge in [0, 0.05) is 24.4 Å². The quantitative estimate of drug-likeness (QED) is 0.856. The topological polar surface area (TPSA) is 24.9 Å². The van der Waals surface area contributed by atoms with Crippen LogP contribution < -0.4 is 5.32 Å². The molecule has 0 bridgehead atoms. The summed E-state index contributed by atoms with van der Waals surface area (Å²) in [6, 6.07) is 15.3. The minimum absolute atomic E-state index is 0.480. The number of benzene rings is 1. The van der Waals surface area contributed by atoms with Gasteiger partial charge in [-0.1, -0.05) is 36.4 Å². The number of nitrogens with one attached hydrogen (secondary N) is 1. The molecular formula is C17H22N2. The van der Waals surface area contributed by atoms with Crippen LogP contribution in [-0.2, 0) is 12.8 Å². The molecule has 0 fully saturated rings. The number of rotatable bonds is 6. The molecule has 1 aromatic carbocycles. The summed E-state index contributed by atoms with van der Waals surface area (Å²) >= 11 is 0. The lowest BCUT2D eigenvalue weighted by Gasteiger charge is -2.16. The predicted molar refractivity (Wildman–Crippen MR) is 80.3 cm³/mol. The van der Waals surface area contributed by atoms with Gasteiger partial charge in [0.15, 0.2) is 0 Å². The van der Waals surface area contributed by atoms with E-state index in [1.54, 1.807) is 0 Å². The molecule has 0 aliphatic carbocycles. The molecule has 0 saturated heterocycles. The maximum Gasteiger partial charge on any atom is 0.0448 e. The highest BCUT2D eigenvalue weighted by atomic mass is 14.9. The van der Waals surface area contributed by atoms with Crippen molar-refractivity contribution >= 4 is 0 Å². The molecule has 0 aliphatic rings. The molecule has 0 saturated carbocycles. The van der Waals surface area contributed by atoms with Gasteiger partial charge in [-0.05, 0) is 44.0 Å². The summed E-state index contributed by atoms with van der Waals surface area (Å²) in [5, 5.41) is 3.41. The molecule has 2 rings (SSSR count). The zero-order valence-corrected chi connectivity index (χ0v) is 11.8. The molecule has 0 spiro atoms. The third-order valence-electron chi connectivity index (χ3n) is 3.59. The summed E-state index contributed by atoms with van der Waals surface area (Å²) in [5.74, 6) is 0. The van der Waals surface area contributed by atoms with Crippen LogP contribution in [0.3, 0.4) is 0 Å². The number of aromatic nitrogens is 1. The summed E-state index contributed by atoms with van der Waals surface area (Å²) in [7, 11) is 2.04. The molecule has 0 amide bonds. The molecule has 0 radical (unpaired) electrons. The van der Waals surface area contributed by atoms with Crippen LogP contribution in [0.15, 0.2) is 48.7 Å². The third kappa shape index (κ3) is 4.18. The van der Waals surface area contributed by atoms with E-state index in [-0.39, 0.29) is 0 Å². The highest BCUT2D eigenvalue weighted by Gasteiger charge is 2.09. The Morgan fingerprint density at radius 2 is 1.89 bits per heavy atom. The fourth-order valence-corrected chi connectivity index (χ4v) is 2.30. The van der Waals surface area contributed by atoms with E-state index >= 15 is 0 Å². The van der Waals surface area contributed by atoms with Crippen molar-refractivity contribution in [1.82, 2.24) is 10.3 Å². The number of aryl methyl sites for hydroxylation is 2. The second-order valence-corrected chi connectivity index (χ2v) is 4.98. The Labute approximate surface area is 115 Å². The van der Waals surface area contributed by atoms with Crippen molar-refractivity contribution in [3.05, 3.63) is 65.5 Å². The molecule has 100 valence electrons. The summed E-state index contributed by atoms with van der Waals surface area (Å²) in [4.78, 5) is 4.48. The first kappa shape index (κ1) is 13.8. The molecule has 1 heterocycles. The molecule has 1 atom stereocenters. The van der Waals surface area contributed by atoms with Gasteiger partial charge in [0.2, 0.25) is 0 Å². The van der Waals surface area contributed by atoms with Crippen molar-refractivity contribution in [2.45, 2.75) is 32.2 Å². The molecule has 2 nitrogen and oxygen atoms in total. The normalized spacial score (nSPS) is 12.3. The first-order valence-corrected chi connectivity index (χ1v) is 6.91. The highest BCUT2D eigenvalue weighted by molar-refractivity contribution is 5.19. The third-order valence-corrected chi connectivity index (χ3v) is 3.59. The SMILES string of the molecule is CNC(CCc1ccccc1)Cc1ncccc1C. The van der Waals surface area contributed by atoms with Crippen molar-refractivity contribution in [3.63, 3.8) is 0 Å². The summed E-state index contributed by atoms with van der Waals surface area (Å²) in [5.41, 5.74) is 3.89. The number of nitrogens with zero attached hydrogens (tertiary/aromatic N) is 1. The van der Waals surface area contributed by atoms with E-state index in [2.05, 4.69) is 53.6 Å². The van der Waals surface area contributed by atoms with Gasteiger partial charge < -0.3 is 5.32 Å². The van der Waals surface area contributed by atoms with Gasteiger partial charge in [-0.15, -0.1) is 0 Å². The lowest BCUT2D eigenvalue weighted by molar-refractivity contribution is 0.514. The van der Waals surface area contributed by atoms with E-state index in [0.717, 1.165) is 19.3 Å². The summed E-state index contributed by atoms with van der Waals surface area (Å²) in [6.07, 6.45) is 5.12. The molecule has 1 unspecified atom stereocenters. The Balaban J connectivity index is 1.92. The van der Waals surface area contributed by atoms with Crippen LogP contribution >= 0.6 is 0 Å². The fraction of sp³-hybridized carbons (Fsp3) is 0.353. The van der Waals surface area contributed by atoms with Crippen LogP contribution in [0.2, 0.25) is 0 Å². The molecular weight excluding hydrogens is 232 g/mol. The van der Waals surface area contributed by atoms with E-state index in [1.165, 1.54) is 16.8 Å². The summed E-state index contributed by atoms with van der Waals surface area (Å²) in [6.45, 7) is 2.13. The largest absolute Gasteiger partial charge is 0.317 e. The van der Waals surface area contributed by atoms with E-state index in [1.807, 2.05) is 19.3 Å². The molecule has 0 aliphatic heterocycles. The Kier molecular flexibility index (Phi) is 5.10. The van der Waals surface area contributed by atoms with Crippen LogP contribution in [0.4, 0.5) is 0 Å². The maximum atomic E-state index is 4.48. The number of likely N-dealkylation sites (N-methyl/N-ethyl adjacent to an activating group) is 1. The first-order valence-electron chi connectivity index (χ1n) is 6.91. The van der Waals surface area contributed by atoms with E-state index in [4.69, 9.17) is 0 Å². The van der Waals surface area contributed by atoms with Gasteiger partial charge in [-0.25, -0.2) is 0 Å². The minimum Gasteiger partial charge on any atom is -0.317 e. The average Bonchev–Trinajstić information content (AvgIpc) is 2.46. The van der Waals surface area contributed by atoms with E-state index < -0.39 is 0 Å². The molecule has 2 aromatic rings. The van der Waals surface area contributed by atoms with Crippen molar-refractivity contribution in [1.29, 1.82) is 0 Å².